The Kier molecular flexibility index (Phi) is 6.78. The number of rotatable bonds is 6. The van der Waals surface area contributed by atoms with E-state index in [1.165, 1.54) is 12.8 Å². The third-order valence-corrected chi connectivity index (χ3v) is 6.90. The van der Waals surface area contributed by atoms with Gasteiger partial charge in [0.2, 0.25) is 5.91 Å². The van der Waals surface area contributed by atoms with Crippen molar-refractivity contribution in [3.05, 3.63) is 24.3 Å². The van der Waals surface area contributed by atoms with Crippen LogP contribution in [0, 0.1) is 11.8 Å². The van der Waals surface area contributed by atoms with Gasteiger partial charge in [0.1, 0.15) is 0 Å². The van der Waals surface area contributed by atoms with E-state index in [9.17, 15) is 14.4 Å². The molecule has 0 radical (unpaired) electrons. The van der Waals surface area contributed by atoms with Gasteiger partial charge in [0.15, 0.2) is 6.61 Å². The number of amides is 2. The molecule has 168 valence electrons. The van der Waals surface area contributed by atoms with Gasteiger partial charge in [0.05, 0.1) is 5.92 Å². The fourth-order valence-corrected chi connectivity index (χ4v) is 4.93. The zero-order chi connectivity index (χ0) is 21.8. The van der Waals surface area contributed by atoms with Gasteiger partial charge in [-0.05, 0) is 55.9 Å². The van der Waals surface area contributed by atoms with Crippen LogP contribution in [0.4, 0.5) is 11.4 Å². The third-order valence-electron chi connectivity index (χ3n) is 6.90. The van der Waals surface area contributed by atoms with Crippen molar-refractivity contribution in [2.75, 3.05) is 36.5 Å². The molecular formula is C24H33N3O4. The SMILES string of the molecule is CC1CCN(c2ccc(NC(=O)COC(=O)[C@@H]3CC(=O)N(C4CCCC4)C3)cc2)CC1. The molecule has 2 aliphatic heterocycles. The number of piperidine rings is 1. The van der Waals surface area contributed by atoms with Crippen LogP contribution >= 0.6 is 0 Å². The average Bonchev–Trinajstić information content (AvgIpc) is 3.43. The van der Waals surface area contributed by atoms with E-state index in [2.05, 4.69) is 17.1 Å². The van der Waals surface area contributed by atoms with E-state index < -0.39 is 11.9 Å². The summed E-state index contributed by atoms with van der Waals surface area (Å²) in [5.41, 5.74) is 1.84. The summed E-state index contributed by atoms with van der Waals surface area (Å²) in [6, 6.07) is 8.05. The van der Waals surface area contributed by atoms with Crippen LogP contribution in [0.5, 0.6) is 0 Å². The molecule has 1 aliphatic carbocycles. The Morgan fingerprint density at radius 2 is 1.74 bits per heavy atom. The summed E-state index contributed by atoms with van der Waals surface area (Å²) in [5.74, 6) is -0.483. The van der Waals surface area contributed by atoms with Crippen molar-refractivity contribution in [3.8, 4) is 0 Å². The molecule has 1 aromatic carbocycles. The number of ether oxygens (including phenoxy) is 1. The largest absolute Gasteiger partial charge is 0.455 e. The number of esters is 1. The normalized spacial score (nSPS) is 22.7. The van der Waals surface area contributed by atoms with Gasteiger partial charge in [-0.15, -0.1) is 0 Å². The lowest BCUT2D eigenvalue weighted by molar-refractivity contribution is -0.151. The lowest BCUT2D eigenvalue weighted by atomic mass is 9.99. The van der Waals surface area contributed by atoms with E-state index >= 15 is 0 Å². The Hall–Kier alpha value is -2.57. The van der Waals surface area contributed by atoms with Crippen LogP contribution in [0.3, 0.4) is 0 Å². The van der Waals surface area contributed by atoms with E-state index in [0.717, 1.165) is 50.4 Å². The summed E-state index contributed by atoms with van der Waals surface area (Å²) < 4.78 is 5.21. The van der Waals surface area contributed by atoms with E-state index in [1.807, 2.05) is 29.2 Å². The van der Waals surface area contributed by atoms with Gasteiger partial charge in [-0.25, -0.2) is 0 Å². The van der Waals surface area contributed by atoms with Gasteiger partial charge < -0.3 is 19.9 Å². The first-order valence-corrected chi connectivity index (χ1v) is 11.6. The Morgan fingerprint density at radius 3 is 2.42 bits per heavy atom. The van der Waals surface area contributed by atoms with E-state index in [1.54, 1.807) is 0 Å². The van der Waals surface area contributed by atoms with Crippen molar-refractivity contribution in [1.82, 2.24) is 4.90 Å². The molecule has 0 unspecified atom stereocenters. The first-order chi connectivity index (χ1) is 15.0. The van der Waals surface area contributed by atoms with Crippen LogP contribution in [0.2, 0.25) is 0 Å². The number of hydrogen-bond donors (Lipinski definition) is 1. The van der Waals surface area contributed by atoms with Gasteiger partial charge in [0.25, 0.3) is 5.91 Å². The van der Waals surface area contributed by atoms with Crippen molar-refractivity contribution in [2.24, 2.45) is 11.8 Å². The molecule has 7 heteroatoms. The maximum atomic E-state index is 12.4. The molecule has 0 spiro atoms. The second-order valence-corrected chi connectivity index (χ2v) is 9.26. The highest BCUT2D eigenvalue weighted by Crippen LogP contribution is 2.30. The van der Waals surface area contributed by atoms with Crippen molar-refractivity contribution in [2.45, 2.75) is 57.9 Å². The number of carbonyl (C=O) groups is 3. The van der Waals surface area contributed by atoms with Crippen molar-refractivity contribution < 1.29 is 19.1 Å². The third kappa shape index (κ3) is 5.38. The summed E-state index contributed by atoms with van der Waals surface area (Å²) in [5, 5.41) is 2.78. The molecule has 0 aromatic heterocycles. The van der Waals surface area contributed by atoms with E-state index in [0.29, 0.717) is 12.2 Å². The fourth-order valence-electron chi connectivity index (χ4n) is 4.93. The molecule has 2 saturated heterocycles. The van der Waals surface area contributed by atoms with E-state index in [4.69, 9.17) is 4.74 Å². The highest BCUT2D eigenvalue weighted by atomic mass is 16.5. The minimum absolute atomic E-state index is 0.0292. The zero-order valence-electron chi connectivity index (χ0n) is 18.3. The lowest BCUT2D eigenvalue weighted by Crippen LogP contribution is -2.35. The number of carbonyl (C=O) groups excluding carboxylic acids is 3. The summed E-state index contributed by atoms with van der Waals surface area (Å²) in [6.07, 6.45) is 6.92. The molecule has 0 bridgehead atoms. The Morgan fingerprint density at radius 1 is 1.06 bits per heavy atom. The van der Waals surface area contributed by atoms with Crippen LogP contribution in [-0.2, 0) is 19.1 Å². The molecule has 7 nitrogen and oxygen atoms in total. The molecule has 1 N–H and O–H groups in total. The van der Waals surface area contributed by atoms with Crippen LogP contribution in [-0.4, -0.2) is 55.0 Å². The smallest absolute Gasteiger partial charge is 0.311 e. The monoisotopic (exact) mass is 427 g/mol. The molecule has 3 aliphatic rings. The van der Waals surface area contributed by atoms with Crippen LogP contribution in [0.25, 0.3) is 0 Å². The molecule has 2 amide bonds. The average molecular weight is 428 g/mol. The number of hydrogen-bond acceptors (Lipinski definition) is 5. The highest BCUT2D eigenvalue weighted by Gasteiger charge is 2.39. The quantitative estimate of drug-likeness (QED) is 0.706. The van der Waals surface area contributed by atoms with Crippen molar-refractivity contribution >= 4 is 29.2 Å². The first-order valence-electron chi connectivity index (χ1n) is 11.6. The van der Waals surface area contributed by atoms with Crippen molar-refractivity contribution in [3.63, 3.8) is 0 Å². The van der Waals surface area contributed by atoms with Crippen LogP contribution in [0.15, 0.2) is 24.3 Å². The van der Waals surface area contributed by atoms with Gasteiger partial charge in [-0.3, -0.25) is 14.4 Å². The van der Waals surface area contributed by atoms with Gasteiger partial charge in [-0.1, -0.05) is 19.8 Å². The zero-order valence-corrected chi connectivity index (χ0v) is 18.3. The standard InChI is InChI=1S/C24H33N3O4/c1-17-10-12-26(13-11-17)20-8-6-19(7-9-20)25-22(28)16-31-24(30)18-14-23(29)27(15-18)21-4-2-3-5-21/h6-9,17-18,21H,2-5,10-16H2,1H3,(H,25,28)/t18-/m1/s1. The summed E-state index contributed by atoms with van der Waals surface area (Å²) in [7, 11) is 0. The van der Waals surface area contributed by atoms with Crippen molar-refractivity contribution in [1.29, 1.82) is 0 Å². The Labute approximate surface area is 184 Å². The molecule has 1 aromatic rings. The van der Waals surface area contributed by atoms with Gasteiger partial charge in [-0.2, -0.15) is 0 Å². The highest BCUT2D eigenvalue weighted by molar-refractivity contribution is 5.93. The summed E-state index contributed by atoms with van der Waals surface area (Å²) >= 11 is 0. The Bertz CT molecular complexity index is 796. The molecule has 31 heavy (non-hydrogen) atoms. The number of anilines is 2. The Balaban J connectivity index is 1.21. The molecule has 4 rings (SSSR count). The molecule has 1 atom stereocenters. The summed E-state index contributed by atoms with van der Waals surface area (Å²) in [6.45, 7) is 4.49. The second kappa shape index (κ2) is 9.71. The minimum Gasteiger partial charge on any atom is -0.455 e. The summed E-state index contributed by atoms with van der Waals surface area (Å²) in [4.78, 5) is 41.0. The number of nitrogens with zero attached hydrogens (tertiary/aromatic N) is 2. The minimum atomic E-state index is -0.465. The predicted octanol–water partition coefficient (Wildman–Crippen LogP) is 3.20. The molecule has 3 fully saturated rings. The van der Waals surface area contributed by atoms with E-state index in [-0.39, 0.29) is 30.9 Å². The molecular weight excluding hydrogens is 394 g/mol. The predicted molar refractivity (Wildman–Crippen MR) is 119 cm³/mol. The number of benzene rings is 1. The van der Waals surface area contributed by atoms with Crippen LogP contribution in [0.1, 0.15) is 51.9 Å². The topological polar surface area (TPSA) is 79.0 Å². The number of likely N-dealkylation sites (tertiary alicyclic amines) is 1. The molecule has 2 heterocycles. The lowest BCUT2D eigenvalue weighted by Gasteiger charge is -2.32. The fraction of sp³-hybridized carbons (Fsp3) is 0.625. The maximum absolute atomic E-state index is 12.4. The van der Waals surface area contributed by atoms with Crippen LogP contribution < -0.4 is 10.2 Å². The molecule has 1 saturated carbocycles. The van der Waals surface area contributed by atoms with Gasteiger partial charge in [0, 0.05) is 43.5 Å². The first kappa shape index (κ1) is 21.7. The maximum Gasteiger partial charge on any atom is 0.311 e. The second-order valence-electron chi connectivity index (χ2n) is 9.26. The van der Waals surface area contributed by atoms with Gasteiger partial charge >= 0.3 is 5.97 Å². The number of nitrogens with one attached hydrogen (secondary N) is 1.